The summed E-state index contributed by atoms with van der Waals surface area (Å²) in [5, 5.41) is 7.24. The van der Waals surface area contributed by atoms with Gasteiger partial charge in [-0.05, 0) is 75.8 Å². The Bertz CT molecular complexity index is 2580. The maximum Gasteiger partial charge on any atom is 0.259 e. The topological polar surface area (TPSA) is 190 Å². The van der Waals surface area contributed by atoms with E-state index in [4.69, 9.17) is 14.1 Å². The quantitative estimate of drug-likeness (QED) is 0.0917. The molecule has 15 heteroatoms. The van der Waals surface area contributed by atoms with Crippen molar-refractivity contribution in [2.45, 2.75) is 101 Å². The summed E-state index contributed by atoms with van der Waals surface area (Å²) in [6, 6.07) is 17.3. The molecule has 1 saturated heterocycles. The molecule has 3 aromatic heterocycles. The Hall–Kier alpha value is -5.83. The van der Waals surface area contributed by atoms with Crippen molar-refractivity contribution in [2.75, 3.05) is 13.1 Å². The number of benzene rings is 2. The van der Waals surface area contributed by atoms with Gasteiger partial charge in [-0.15, -0.1) is 0 Å². The van der Waals surface area contributed by atoms with Crippen molar-refractivity contribution in [3.8, 4) is 5.88 Å². The molecule has 0 bridgehead atoms. The van der Waals surface area contributed by atoms with E-state index in [-0.39, 0.29) is 31.4 Å². The average Bonchev–Trinajstić information content (AvgIpc) is 3.75. The smallest absolute Gasteiger partial charge is 0.259 e. The number of carbonyl (C=O) groups excluding carboxylic acids is 4. The number of sulfonamides is 1. The standard InChI is InChI=1S/C44H48N6O8S/c1-3-4-5-6-11-28-20-21-44(23-28,43(54)49-59(55,56)31-18-19-31)48-41(53)35-22-30(26-50(35)37(51)25-46-40(52)29-17-16-27(2)45-24-29)57-42-33-13-8-7-12-32(33)39-38(47-42)34-14-9-10-15-36(34)58-39/h7-17,24,30-31,35H,3-6,18-23,25-26H2,1-2H3,(H,46,52)(H,48,53)(H,49,54)/b28-11-/t30-,35+,44-/m1/s1. The van der Waals surface area contributed by atoms with E-state index in [0.29, 0.717) is 47.2 Å². The van der Waals surface area contributed by atoms with Gasteiger partial charge in [0.15, 0.2) is 5.58 Å². The van der Waals surface area contributed by atoms with E-state index in [1.807, 2.05) is 48.5 Å². The number of amides is 4. The predicted octanol–water partition coefficient (Wildman–Crippen LogP) is 5.77. The fourth-order valence-corrected chi connectivity index (χ4v) is 9.53. The summed E-state index contributed by atoms with van der Waals surface area (Å²) in [5.41, 5.74) is 2.30. The average molecular weight is 821 g/mol. The number of fused-ring (bicyclic) bond motifs is 5. The van der Waals surface area contributed by atoms with Gasteiger partial charge in [0.1, 0.15) is 28.8 Å². The number of furan rings is 1. The number of allylic oxidation sites excluding steroid dienone is 1. The third-order valence-electron chi connectivity index (χ3n) is 11.6. The van der Waals surface area contributed by atoms with Crippen LogP contribution in [0.4, 0.5) is 0 Å². The van der Waals surface area contributed by atoms with Crippen LogP contribution < -0.4 is 20.1 Å². The van der Waals surface area contributed by atoms with Crippen LogP contribution in [0.5, 0.6) is 5.88 Å². The molecule has 2 aliphatic carbocycles. The Morgan fingerprint density at radius 2 is 1.76 bits per heavy atom. The number of ether oxygens (including phenoxy) is 1. The lowest BCUT2D eigenvalue weighted by molar-refractivity contribution is -0.140. The molecule has 4 amide bonds. The van der Waals surface area contributed by atoms with Crippen molar-refractivity contribution in [3.63, 3.8) is 0 Å². The molecule has 14 nitrogen and oxygen atoms in total. The Labute approximate surface area is 342 Å². The van der Waals surface area contributed by atoms with Crippen molar-refractivity contribution in [3.05, 3.63) is 89.8 Å². The van der Waals surface area contributed by atoms with Crippen molar-refractivity contribution in [1.29, 1.82) is 0 Å². The van der Waals surface area contributed by atoms with Crippen LogP contribution in [0, 0.1) is 6.92 Å². The monoisotopic (exact) mass is 820 g/mol. The lowest BCUT2D eigenvalue weighted by Gasteiger charge is -2.32. The first-order chi connectivity index (χ1) is 28.4. The second-order valence-electron chi connectivity index (χ2n) is 15.9. The van der Waals surface area contributed by atoms with Crippen LogP contribution in [0.2, 0.25) is 0 Å². The first-order valence-corrected chi connectivity index (χ1v) is 21.9. The van der Waals surface area contributed by atoms with Gasteiger partial charge in [0.2, 0.25) is 27.7 Å². The Morgan fingerprint density at radius 3 is 2.51 bits per heavy atom. The van der Waals surface area contributed by atoms with Gasteiger partial charge in [-0.3, -0.25) is 28.9 Å². The first-order valence-electron chi connectivity index (χ1n) is 20.4. The number of unbranched alkanes of at least 4 members (excludes halogenated alkanes) is 3. The highest BCUT2D eigenvalue weighted by Crippen LogP contribution is 2.39. The number of hydrogen-bond donors (Lipinski definition) is 3. The predicted molar refractivity (Wildman–Crippen MR) is 222 cm³/mol. The summed E-state index contributed by atoms with van der Waals surface area (Å²) in [6.45, 7) is 3.46. The number of rotatable bonds is 14. The van der Waals surface area contributed by atoms with Crippen LogP contribution in [0.25, 0.3) is 32.8 Å². The lowest BCUT2D eigenvalue weighted by atomic mass is 9.95. The molecule has 8 rings (SSSR count). The highest BCUT2D eigenvalue weighted by atomic mass is 32.2. The van der Waals surface area contributed by atoms with Gasteiger partial charge in [0.05, 0.1) is 23.9 Å². The van der Waals surface area contributed by atoms with Crippen molar-refractivity contribution in [2.24, 2.45) is 0 Å². The normalized spacial score (nSPS) is 21.3. The van der Waals surface area contributed by atoms with Crippen LogP contribution in [-0.4, -0.2) is 82.9 Å². The summed E-state index contributed by atoms with van der Waals surface area (Å²) in [6.07, 6.45) is 8.50. The third-order valence-corrected chi connectivity index (χ3v) is 13.4. The van der Waals surface area contributed by atoms with Gasteiger partial charge < -0.3 is 24.7 Å². The van der Waals surface area contributed by atoms with Gasteiger partial charge >= 0.3 is 0 Å². The van der Waals surface area contributed by atoms with Gasteiger partial charge in [-0.1, -0.05) is 61.7 Å². The third kappa shape index (κ3) is 8.38. The Balaban J connectivity index is 1.09. The summed E-state index contributed by atoms with van der Waals surface area (Å²) < 4.78 is 41.2. The molecular weight excluding hydrogens is 773 g/mol. The molecule has 0 spiro atoms. The van der Waals surface area contributed by atoms with E-state index >= 15 is 0 Å². The minimum absolute atomic E-state index is 0.0309. The highest BCUT2D eigenvalue weighted by molar-refractivity contribution is 7.91. The lowest BCUT2D eigenvalue weighted by Crippen LogP contribution is -2.61. The SMILES string of the molecule is CCCCC/C=C1/CC[C@](NC(=O)[C@@H]2C[C@@H](Oc3nc4c5ccccc5oc4c4ccccc34)CN2C(=O)CNC(=O)c2ccc(C)nc2)(C(=O)NS(=O)(=O)C2CC2)C1. The van der Waals surface area contributed by atoms with E-state index in [2.05, 4.69) is 33.3 Å². The molecule has 3 atom stereocenters. The molecule has 59 heavy (non-hydrogen) atoms. The maximum atomic E-state index is 14.6. The molecular formula is C44H48N6O8S. The second-order valence-corrected chi connectivity index (χ2v) is 17.9. The summed E-state index contributed by atoms with van der Waals surface area (Å²) in [4.78, 5) is 66.1. The fourth-order valence-electron chi connectivity index (χ4n) is 8.15. The molecule has 4 heterocycles. The fraction of sp³-hybridized carbons (Fsp3) is 0.409. The zero-order valence-electron chi connectivity index (χ0n) is 33.2. The highest BCUT2D eigenvalue weighted by Gasteiger charge is 2.50. The zero-order valence-corrected chi connectivity index (χ0v) is 34.0. The number of pyridine rings is 2. The van der Waals surface area contributed by atoms with Gasteiger partial charge in [-0.2, -0.15) is 0 Å². The Kier molecular flexibility index (Phi) is 11.1. The number of carbonyl (C=O) groups is 4. The van der Waals surface area contributed by atoms with Gasteiger partial charge in [-0.25, -0.2) is 13.4 Å². The van der Waals surface area contributed by atoms with Gasteiger partial charge in [0, 0.05) is 40.9 Å². The minimum atomic E-state index is -3.92. The number of aromatic nitrogens is 2. The van der Waals surface area contributed by atoms with Crippen LogP contribution in [0.1, 0.15) is 87.2 Å². The van der Waals surface area contributed by atoms with Crippen molar-refractivity contribution < 1.29 is 36.7 Å². The second kappa shape index (κ2) is 16.4. The molecule has 0 radical (unpaired) electrons. The van der Waals surface area contributed by atoms with E-state index in [9.17, 15) is 27.6 Å². The van der Waals surface area contributed by atoms with Gasteiger partial charge in [0.25, 0.3) is 11.8 Å². The molecule has 3 fully saturated rings. The van der Waals surface area contributed by atoms with Crippen molar-refractivity contribution in [1.82, 2.24) is 30.2 Å². The van der Waals surface area contributed by atoms with E-state index in [0.717, 1.165) is 47.7 Å². The van der Waals surface area contributed by atoms with E-state index in [1.165, 1.54) is 11.1 Å². The molecule has 1 aliphatic heterocycles. The van der Waals surface area contributed by atoms with Crippen LogP contribution in [0.15, 0.2) is 82.9 Å². The zero-order chi connectivity index (χ0) is 41.3. The maximum absolute atomic E-state index is 14.6. The number of aryl methyl sites for hydroxylation is 1. The number of likely N-dealkylation sites (tertiary alicyclic amines) is 1. The van der Waals surface area contributed by atoms with Crippen LogP contribution in [0.3, 0.4) is 0 Å². The molecule has 308 valence electrons. The number of nitrogens with zero attached hydrogens (tertiary/aromatic N) is 3. The van der Waals surface area contributed by atoms with Crippen molar-refractivity contribution >= 4 is 66.5 Å². The molecule has 3 aliphatic rings. The molecule has 3 N–H and O–H groups in total. The van der Waals surface area contributed by atoms with Crippen LogP contribution in [-0.2, 0) is 24.4 Å². The first kappa shape index (κ1) is 40.0. The Morgan fingerprint density at radius 1 is 1.00 bits per heavy atom. The molecule has 2 aromatic carbocycles. The summed E-state index contributed by atoms with van der Waals surface area (Å²) in [7, 11) is -3.92. The van der Waals surface area contributed by atoms with Crippen LogP contribution >= 0.6 is 0 Å². The minimum Gasteiger partial charge on any atom is -0.472 e. The molecule has 2 saturated carbocycles. The summed E-state index contributed by atoms with van der Waals surface area (Å²) in [5.74, 6) is -2.16. The largest absolute Gasteiger partial charge is 0.472 e. The number of hydrogen-bond acceptors (Lipinski definition) is 10. The van der Waals surface area contributed by atoms with E-state index < -0.39 is 63.1 Å². The molecule has 0 unspecified atom stereocenters. The van der Waals surface area contributed by atoms with E-state index in [1.54, 1.807) is 19.1 Å². The molecule has 5 aromatic rings. The number of para-hydroxylation sites is 1. The summed E-state index contributed by atoms with van der Waals surface area (Å²) >= 11 is 0. The number of nitrogens with one attached hydrogen (secondary N) is 3.